The first kappa shape index (κ1) is 21.0. The summed E-state index contributed by atoms with van der Waals surface area (Å²) in [5.41, 5.74) is 1.17. The zero-order chi connectivity index (χ0) is 21.7. The predicted octanol–water partition coefficient (Wildman–Crippen LogP) is 5.09. The lowest BCUT2D eigenvalue weighted by Crippen LogP contribution is -2.46. The van der Waals surface area contributed by atoms with E-state index in [9.17, 15) is 13.2 Å². The summed E-state index contributed by atoms with van der Waals surface area (Å²) >= 11 is 0. The molecule has 1 fully saturated rings. The molecule has 0 unspecified atom stereocenters. The van der Waals surface area contributed by atoms with Crippen LogP contribution in [0.4, 0.5) is 19.0 Å². The van der Waals surface area contributed by atoms with Crippen molar-refractivity contribution in [3.05, 3.63) is 78.5 Å². The molecule has 1 aliphatic rings. The molecule has 0 N–H and O–H groups in total. The predicted molar refractivity (Wildman–Crippen MR) is 111 cm³/mol. The van der Waals surface area contributed by atoms with Crippen LogP contribution in [0.3, 0.4) is 0 Å². The minimum atomic E-state index is -4.71. The van der Waals surface area contributed by atoms with E-state index in [2.05, 4.69) is 19.5 Å². The fraction of sp³-hybridized carbons (Fsp3) is 0.261. The summed E-state index contributed by atoms with van der Waals surface area (Å²) in [4.78, 5) is 9.10. The van der Waals surface area contributed by atoms with Crippen molar-refractivity contribution >= 4 is 5.82 Å². The standard InChI is InChI=1S/C23H22F3N3O2/c24-23(25,26)31-21-10-8-20(9-11-21)30-19-6-4-18(5-7-19)17-28-13-15-29(16-14-28)22-3-1-2-12-27-22/h1-12H,13-17H2. The van der Waals surface area contributed by atoms with Gasteiger partial charge in [-0.05, 0) is 54.1 Å². The van der Waals surface area contributed by atoms with E-state index in [0.29, 0.717) is 11.5 Å². The Morgan fingerprint density at radius 3 is 1.97 bits per heavy atom. The van der Waals surface area contributed by atoms with Crippen LogP contribution >= 0.6 is 0 Å². The van der Waals surface area contributed by atoms with Gasteiger partial charge in [-0.25, -0.2) is 4.98 Å². The quantitative estimate of drug-likeness (QED) is 0.545. The van der Waals surface area contributed by atoms with Crippen LogP contribution in [0.2, 0.25) is 0 Å². The maximum Gasteiger partial charge on any atom is 0.573 e. The monoisotopic (exact) mass is 429 g/mol. The van der Waals surface area contributed by atoms with Crippen LogP contribution in [0.1, 0.15) is 5.56 Å². The van der Waals surface area contributed by atoms with E-state index in [0.717, 1.165) is 38.5 Å². The van der Waals surface area contributed by atoms with E-state index >= 15 is 0 Å². The van der Waals surface area contributed by atoms with E-state index in [1.54, 1.807) is 0 Å². The van der Waals surface area contributed by atoms with Gasteiger partial charge in [0.25, 0.3) is 0 Å². The molecular weight excluding hydrogens is 407 g/mol. The van der Waals surface area contributed by atoms with Gasteiger partial charge in [-0.1, -0.05) is 18.2 Å². The van der Waals surface area contributed by atoms with Gasteiger partial charge in [-0.2, -0.15) is 0 Å². The molecule has 1 aliphatic heterocycles. The summed E-state index contributed by atoms with van der Waals surface area (Å²) in [7, 11) is 0. The van der Waals surface area contributed by atoms with Crippen LogP contribution in [-0.2, 0) is 6.54 Å². The molecule has 0 bridgehead atoms. The van der Waals surface area contributed by atoms with Gasteiger partial charge in [-0.15, -0.1) is 13.2 Å². The summed E-state index contributed by atoms with van der Waals surface area (Å²) in [6.07, 6.45) is -2.89. The highest BCUT2D eigenvalue weighted by molar-refractivity contribution is 5.39. The molecular formula is C23H22F3N3O2. The van der Waals surface area contributed by atoms with Crippen molar-refractivity contribution in [1.29, 1.82) is 0 Å². The van der Waals surface area contributed by atoms with E-state index in [-0.39, 0.29) is 5.75 Å². The largest absolute Gasteiger partial charge is 0.573 e. The number of alkyl halides is 3. The summed E-state index contributed by atoms with van der Waals surface area (Å²) in [6, 6.07) is 19.0. The molecule has 0 spiro atoms. The number of hydrogen-bond acceptors (Lipinski definition) is 5. The fourth-order valence-electron chi connectivity index (χ4n) is 3.44. The lowest BCUT2D eigenvalue weighted by Gasteiger charge is -2.35. The Hall–Kier alpha value is -3.26. The highest BCUT2D eigenvalue weighted by Crippen LogP contribution is 2.27. The Balaban J connectivity index is 1.27. The number of hydrogen-bond donors (Lipinski definition) is 0. The van der Waals surface area contributed by atoms with Gasteiger partial charge in [0, 0.05) is 38.9 Å². The van der Waals surface area contributed by atoms with E-state index in [1.807, 2.05) is 48.7 Å². The van der Waals surface area contributed by atoms with Gasteiger partial charge in [0.05, 0.1) is 0 Å². The fourth-order valence-corrected chi connectivity index (χ4v) is 3.44. The molecule has 0 amide bonds. The average Bonchev–Trinajstić information content (AvgIpc) is 2.77. The molecule has 31 heavy (non-hydrogen) atoms. The second kappa shape index (κ2) is 9.26. The molecule has 0 aliphatic carbocycles. The number of ether oxygens (including phenoxy) is 2. The minimum absolute atomic E-state index is 0.279. The van der Waals surface area contributed by atoms with Gasteiger partial charge in [0.1, 0.15) is 23.1 Å². The molecule has 1 saturated heterocycles. The normalized spacial score (nSPS) is 15.0. The van der Waals surface area contributed by atoms with Crippen molar-refractivity contribution in [1.82, 2.24) is 9.88 Å². The van der Waals surface area contributed by atoms with Crippen LogP contribution in [0.25, 0.3) is 0 Å². The van der Waals surface area contributed by atoms with Crippen molar-refractivity contribution in [2.75, 3.05) is 31.1 Å². The Bertz CT molecular complexity index is 956. The van der Waals surface area contributed by atoms with Gasteiger partial charge < -0.3 is 14.4 Å². The molecule has 0 saturated carbocycles. The molecule has 0 radical (unpaired) electrons. The number of anilines is 1. The van der Waals surface area contributed by atoms with Crippen LogP contribution in [0, 0.1) is 0 Å². The number of aromatic nitrogens is 1. The van der Waals surface area contributed by atoms with Crippen molar-refractivity contribution in [3.63, 3.8) is 0 Å². The molecule has 0 atom stereocenters. The lowest BCUT2D eigenvalue weighted by atomic mass is 10.2. The average molecular weight is 429 g/mol. The van der Waals surface area contributed by atoms with Crippen LogP contribution in [-0.4, -0.2) is 42.4 Å². The van der Waals surface area contributed by atoms with Crippen LogP contribution in [0.15, 0.2) is 72.9 Å². The van der Waals surface area contributed by atoms with Gasteiger partial charge >= 0.3 is 6.36 Å². The van der Waals surface area contributed by atoms with Crippen LogP contribution < -0.4 is 14.4 Å². The molecule has 162 valence electrons. The number of pyridine rings is 1. The van der Waals surface area contributed by atoms with Crippen LogP contribution in [0.5, 0.6) is 17.2 Å². The van der Waals surface area contributed by atoms with E-state index < -0.39 is 6.36 Å². The molecule has 1 aromatic heterocycles. The van der Waals surface area contributed by atoms with E-state index in [1.165, 1.54) is 29.8 Å². The molecule has 3 aromatic rings. The molecule has 2 aromatic carbocycles. The Kier molecular flexibility index (Phi) is 6.27. The lowest BCUT2D eigenvalue weighted by molar-refractivity contribution is -0.274. The topological polar surface area (TPSA) is 37.8 Å². The number of halogens is 3. The maximum absolute atomic E-state index is 12.2. The smallest absolute Gasteiger partial charge is 0.457 e. The molecule has 8 heteroatoms. The van der Waals surface area contributed by atoms with Gasteiger partial charge in [0.2, 0.25) is 0 Å². The zero-order valence-corrected chi connectivity index (χ0v) is 16.8. The SMILES string of the molecule is FC(F)(F)Oc1ccc(Oc2ccc(CN3CCN(c4ccccn4)CC3)cc2)cc1. The molecule has 5 nitrogen and oxygen atoms in total. The van der Waals surface area contributed by atoms with E-state index in [4.69, 9.17) is 4.74 Å². The maximum atomic E-state index is 12.2. The minimum Gasteiger partial charge on any atom is -0.457 e. The third kappa shape index (κ3) is 6.11. The first-order valence-electron chi connectivity index (χ1n) is 9.95. The second-order valence-electron chi connectivity index (χ2n) is 7.22. The summed E-state index contributed by atoms with van der Waals surface area (Å²) in [5.74, 6) is 1.79. The number of rotatable bonds is 6. The number of benzene rings is 2. The second-order valence-corrected chi connectivity index (χ2v) is 7.22. The first-order chi connectivity index (χ1) is 14.9. The molecule has 2 heterocycles. The highest BCUT2D eigenvalue weighted by atomic mass is 19.4. The summed E-state index contributed by atoms with van der Waals surface area (Å²) in [5, 5.41) is 0. The first-order valence-corrected chi connectivity index (χ1v) is 9.95. The number of nitrogens with zero attached hydrogens (tertiary/aromatic N) is 3. The summed E-state index contributed by atoms with van der Waals surface area (Å²) in [6.45, 7) is 4.64. The Morgan fingerprint density at radius 1 is 0.774 bits per heavy atom. The Morgan fingerprint density at radius 2 is 1.39 bits per heavy atom. The van der Waals surface area contributed by atoms with Crippen molar-refractivity contribution < 1.29 is 22.6 Å². The highest BCUT2D eigenvalue weighted by Gasteiger charge is 2.31. The third-order valence-electron chi connectivity index (χ3n) is 4.97. The van der Waals surface area contributed by atoms with Gasteiger partial charge in [-0.3, -0.25) is 4.90 Å². The number of piperazine rings is 1. The Labute approximate surface area is 178 Å². The van der Waals surface area contributed by atoms with Crippen molar-refractivity contribution in [3.8, 4) is 17.2 Å². The van der Waals surface area contributed by atoms with Crippen molar-refractivity contribution in [2.24, 2.45) is 0 Å². The third-order valence-corrected chi connectivity index (χ3v) is 4.97. The van der Waals surface area contributed by atoms with Gasteiger partial charge in [0.15, 0.2) is 0 Å². The molecule has 4 rings (SSSR count). The summed E-state index contributed by atoms with van der Waals surface area (Å²) < 4.78 is 46.3. The zero-order valence-electron chi connectivity index (χ0n) is 16.8. The van der Waals surface area contributed by atoms with Crippen molar-refractivity contribution in [2.45, 2.75) is 12.9 Å².